The van der Waals surface area contributed by atoms with Crippen molar-refractivity contribution in [3.8, 4) is 0 Å². The first-order chi connectivity index (χ1) is 9.43. The molecule has 110 valence electrons. The number of hydrogen-bond acceptors (Lipinski definition) is 7. The molecule has 2 rings (SSSR count). The van der Waals surface area contributed by atoms with Crippen LogP contribution in [-0.2, 0) is 0 Å². The van der Waals surface area contributed by atoms with Crippen LogP contribution in [-0.4, -0.2) is 47.5 Å². The van der Waals surface area contributed by atoms with Crippen molar-refractivity contribution in [2.75, 3.05) is 12.3 Å². The molecule has 2 aromatic rings. The second-order valence-electron chi connectivity index (χ2n) is 4.72. The molecule has 2 heterocycles. The number of imidazole rings is 1. The fourth-order valence-corrected chi connectivity index (χ4v) is 1.84. The van der Waals surface area contributed by atoms with Crippen molar-refractivity contribution in [2.24, 2.45) is 5.92 Å². The predicted molar refractivity (Wildman–Crippen MR) is 70.7 cm³/mol. The number of aliphatic hydroxyl groups excluding tert-OH is 3. The van der Waals surface area contributed by atoms with Crippen LogP contribution in [0.2, 0.25) is 0 Å². The summed E-state index contributed by atoms with van der Waals surface area (Å²) in [6, 6.07) is 0. The van der Waals surface area contributed by atoms with Crippen molar-refractivity contribution in [3.63, 3.8) is 0 Å². The van der Waals surface area contributed by atoms with Crippen molar-refractivity contribution in [1.29, 1.82) is 0 Å². The van der Waals surface area contributed by atoms with E-state index < -0.39 is 17.9 Å². The zero-order valence-electron chi connectivity index (χ0n) is 10.9. The number of aromatic nitrogens is 4. The Balaban J connectivity index is 2.31. The van der Waals surface area contributed by atoms with Crippen LogP contribution in [0.15, 0.2) is 11.1 Å². The lowest BCUT2D eigenvalue weighted by molar-refractivity contribution is 0.00328. The first-order valence-electron chi connectivity index (χ1n) is 6.13. The van der Waals surface area contributed by atoms with Crippen LogP contribution < -0.4 is 11.3 Å². The summed E-state index contributed by atoms with van der Waals surface area (Å²) < 4.78 is 1.26. The summed E-state index contributed by atoms with van der Waals surface area (Å²) in [5, 5.41) is 28.9. The van der Waals surface area contributed by atoms with E-state index in [4.69, 9.17) is 10.8 Å². The highest BCUT2D eigenvalue weighted by Gasteiger charge is 2.21. The molecule has 0 saturated heterocycles. The number of nitrogens with one attached hydrogen (secondary N) is 1. The van der Waals surface area contributed by atoms with E-state index >= 15 is 0 Å². The Morgan fingerprint density at radius 1 is 1.50 bits per heavy atom. The molecule has 3 atom stereocenters. The van der Waals surface area contributed by atoms with E-state index in [-0.39, 0.29) is 36.1 Å². The fourth-order valence-electron chi connectivity index (χ4n) is 1.84. The number of fused-ring (bicyclic) bond motifs is 1. The maximum absolute atomic E-state index is 11.6. The minimum absolute atomic E-state index is 0.0262. The smallest absolute Gasteiger partial charge is 0.280 e. The molecule has 0 aliphatic rings. The quantitative estimate of drug-likeness (QED) is 0.451. The molecular formula is C11H17N5O4. The topological polar surface area (TPSA) is 150 Å². The number of H-pyrrole nitrogens is 1. The van der Waals surface area contributed by atoms with Gasteiger partial charge in [0.1, 0.15) is 6.23 Å². The standard InChI is InChI=1S/C11H17N5O4/c1-5(3-17)6(18)2-7(19)16-4-13-8-9(16)14-11(12)15-10(8)20/h4-7,17-19H,2-3H2,1H3,(H3,12,14,15,20)/t5-,6?,7-/m0/s1. The third-order valence-electron chi connectivity index (χ3n) is 3.17. The second kappa shape index (κ2) is 5.57. The summed E-state index contributed by atoms with van der Waals surface area (Å²) in [5.41, 5.74) is 5.15. The lowest BCUT2D eigenvalue weighted by Gasteiger charge is -2.20. The van der Waals surface area contributed by atoms with E-state index in [0.29, 0.717) is 0 Å². The third-order valence-corrected chi connectivity index (χ3v) is 3.17. The lowest BCUT2D eigenvalue weighted by atomic mass is 10.0. The van der Waals surface area contributed by atoms with Gasteiger partial charge in [0, 0.05) is 18.9 Å². The molecule has 20 heavy (non-hydrogen) atoms. The van der Waals surface area contributed by atoms with Crippen LogP contribution in [0.1, 0.15) is 19.6 Å². The van der Waals surface area contributed by atoms with Gasteiger partial charge in [-0.3, -0.25) is 14.3 Å². The van der Waals surface area contributed by atoms with Gasteiger partial charge < -0.3 is 21.1 Å². The van der Waals surface area contributed by atoms with E-state index in [9.17, 15) is 15.0 Å². The first-order valence-corrected chi connectivity index (χ1v) is 6.13. The molecule has 1 unspecified atom stereocenters. The maximum Gasteiger partial charge on any atom is 0.280 e. The average Bonchev–Trinajstić information content (AvgIpc) is 2.81. The summed E-state index contributed by atoms with van der Waals surface area (Å²) in [5.74, 6) is -0.457. The third kappa shape index (κ3) is 2.64. The molecule has 0 aliphatic heterocycles. The molecule has 9 nitrogen and oxygen atoms in total. The van der Waals surface area contributed by atoms with Crippen LogP contribution in [0.4, 0.5) is 5.95 Å². The van der Waals surface area contributed by atoms with Crippen LogP contribution >= 0.6 is 0 Å². The van der Waals surface area contributed by atoms with Crippen LogP contribution in [0.25, 0.3) is 11.2 Å². The van der Waals surface area contributed by atoms with Crippen molar-refractivity contribution in [1.82, 2.24) is 19.5 Å². The molecule has 0 spiro atoms. The van der Waals surface area contributed by atoms with Gasteiger partial charge in [-0.1, -0.05) is 6.92 Å². The Hall–Kier alpha value is -1.97. The Morgan fingerprint density at radius 3 is 2.85 bits per heavy atom. The van der Waals surface area contributed by atoms with Crippen molar-refractivity contribution >= 4 is 17.1 Å². The number of nitrogens with zero attached hydrogens (tertiary/aromatic N) is 3. The minimum atomic E-state index is -1.13. The second-order valence-corrected chi connectivity index (χ2v) is 4.72. The van der Waals surface area contributed by atoms with Gasteiger partial charge in [0.25, 0.3) is 5.56 Å². The van der Waals surface area contributed by atoms with E-state index in [2.05, 4.69) is 15.0 Å². The Labute approximate surface area is 113 Å². The molecule has 0 amide bonds. The van der Waals surface area contributed by atoms with Crippen LogP contribution in [0.5, 0.6) is 0 Å². The highest BCUT2D eigenvalue weighted by molar-refractivity contribution is 5.70. The van der Waals surface area contributed by atoms with Gasteiger partial charge >= 0.3 is 0 Å². The van der Waals surface area contributed by atoms with E-state index in [1.54, 1.807) is 6.92 Å². The number of nitrogens with two attached hydrogens (primary N) is 1. The zero-order valence-corrected chi connectivity index (χ0v) is 10.9. The zero-order chi connectivity index (χ0) is 14.9. The average molecular weight is 283 g/mol. The van der Waals surface area contributed by atoms with Crippen molar-refractivity contribution < 1.29 is 15.3 Å². The highest BCUT2D eigenvalue weighted by atomic mass is 16.3. The molecular weight excluding hydrogens is 266 g/mol. The van der Waals surface area contributed by atoms with Crippen LogP contribution in [0, 0.1) is 5.92 Å². The molecule has 9 heteroatoms. The lowest BCUT2D eigenvalue weighted by Crippen LogP contribution is -2.25. The Kier molecular flexibility index (Phi) is 4.02. The molecule has 2 aromatic heterocycles. The summed E-state index contributed by atoms with van der Waals surface area (Å²) in [7, 11) is 0. The van der Waals surface area contributed by atoms with Gasteiger partial charge in [0.05, 0.1) is 12.4 Å². The summed E-state index contributed by atoms with van der Waals surface area (Å²) in [4.78, 5) is 21.7. The number of aliphatic hydroxyl groups is 3. The molecule has 0 aliphatic carbocycles. The summed E-state index contributed by atoms with van der Waals surface area (Å²) in [6.07, 6.45) is -0.793. The van der Waals surface area contributed by atoms with E-state index in [0.717, 1.165) is 0 Å². The molecule has 0 fully saturated rings. The number of hydrogen-bond donors (Lipinski definition) is 5. The maximum atomic E-state index is 11.6. The number of rotatable bonds is 5. The van der Waals surface area contributed by atoms with Gasteiger partial charge in [-0.05, 0) is 0 Å². The fraction of sp³-hybridized carbons (Fsp3) is 0.545. The van der Waals surface area contributed by atoms with Gasteiger partial charge in [0.2, 0.25) is 5.95 Å². The predicted octanol–water partition coefficient (Wildman–Crippen LogP) is -1.43. The normalized spacial score (nSPS) is 16.2. The van der Waals surface area contributed by atoms with Gasteiger partial charge in [-0.15, -0.1) is 0 Å². The van der Waals surface area contributed by atoms with Gasteiger partial charge in [-0.2, -0.15) is 4.98 Å². The largest absolute Gasteiger partial charge is 0.396 e. The molecule has 0 saturated carbocycles. The van der Waals surface area contributed by atoms with Crippen molar-refractivity contribution in [2.45, 2.75) is 25.7 Å². The van der Waals surface area contributed by atoms with Crippen molar-refractivity contribution in [3.05, 3.63) is 16.7 Å². The van der Waals surface area contributed by atoms with E-state index in [1.165, 1.54) is 10.9 Å². The van der Waals surface area contributed by atoms with Gasteiger partial charge in [-0.25, -0.2) is 4.98 Å². The Bertz CT molecular complexity index is 652. The number of anilines is 1. The molecule has 0 bridgehead atoms. The highest BCUT2D eigenvalue weighted by Crippen LogP contribution is 2.19. The summed E-state index contributed by atoms with van der Waals surface area (Å²) in [6.45, 7) is 1.47. The Morgan fingerprint density at radius 2 is 2.20 bits per heavy atom. The summed E-state index contributed by atoms with van der Waals surface area (Å²) >= 11 is 0. The first kappa shape index (κ1) is 14.4. The van der Waals surface area contributed by atoms with Crippen LogP contribution in [0.3, 0.4) is 0 Å². The number of nitrogen functional groups attached to an aromatic ring is 1. The van der Waals surface area contributed by atoms with Gasteiger partial charge in [0.15, 0.2) is 11.2 Å². The minimum Gasteiger partial charge on any atom is -0.396 e. The SMILES string of the molecule is C[C@@H](CO)C(O)C[C@H](O)n1cnc2c(=O)[nH]c(N)nc21. The number of aromatic amines is 1. The molecule has 0 radical (unpaired) electrons. The molecule has 6 N–H and O–H groups in total. The monoisotopic (exact) mass is 283 g/mol. The van der Waals surface area contributed by atoms with E-state index in [1.807, 2.05) is 0 Å². The molecule has 0 aromatic carbocycles.